The van der Waals surface area contributed by atoms with Crippen LogP contribution < -0.4 is 0 Å². The van der Waals surface area contributed by atoms with Gasteiger partial charge in [0.2, 0.25) is 0 Å². The Morgan fingerprint density at radius 2 is 2.00 bits per heavy atom. The molecule has 1 aromatic carbocycles. The third-order valence-electron chi connectivity index (χ3n) is 2.41. The lowest BCUT2D eigenvalue weighted by molar-refractivity contribution is 0.0526. The minimum Gasteiger partial charge on any atom is -0.462 e. The highest BCUT2D eigenvalue weighted by molar-refractivity contribution is 6.30. The summed E-state index contributed by atoms with van der Waals surface area (Å²) in [6, 6.07) is 10.6. The molecule has 0 spiro atoms. The first-order valence-electron chi connectivity index (χ1n) is 5.60. The molecule has 1 aromatic heterocycles. The van der Waals surface area contributed by atoms with E-state index in [0.717, 1.165) is 11.3 Å². The SMILES string of the molecule is CCOC(=O)c1ccnc(-c2ccc(Cl)cc2)c1. The number of pyridine rings is 1. The predicted molar refractivity (Wildman–Crippen MR) is 70.6 cm³/mol. The van der Waals surface area contributed by atoms with Crippen LogP contribution in [0.15, 0.2) is 42.6 Å². The van der Waals surface area contributed by atoms with Crippen LogP contribution in [-0.4, -0.2) is 17.6 Å². The topological polar surface area (TPSA) is 39.2 Å². The first kappa shape index (κ1) is 12.6. The van der Waals surface area contributed by atoms with E-state index in [1.54, 1.807) is 37.4 Å². The van der Waals surface area contributed by atoms with E-state index in [1.807, 2.05) is 12.1 Å². The minimum atomic E-state index is -0.338. The molecule has 0 atom stereocenters. The number of hydrogen-bond donors (Lipinski definition) is 0. The Kier molecular flexibility index (Phi) is 3.95. The quantitative estimate of drug-likeness (QED) is 0.793. The van der Waals surface area contributed by atoms with Crippen LogP contribution >= 0.6 is 11.6 Å². The van der Waals surface area contributed by atoms with E-state index in [-0.39, 0.29) is 5.97 Å². The molecule has 0 bridgehead atoms. The third-order valence-corrected chi connectivity index (χ3v) is 2.66. The molecular weight excluding hydrogens is 250 g/mol. The Morgan fingerprint density at radius 1 is 1.28 bits per heavy atom. The van der Waals surface area contributed by atoms with E-state index in [0.29, 0.717) is 17.2 Å². The van der Waals surface area contributed by atoms with Gasteiger partial charge in [0.1, 0.15) is 0 Å². The highest BCUT2D eigenvalue weighted by Gasteiger charge is 2.08. The molecule has 2 rings (SSSR count). The first-order valence-corrected chi connectivity index (χ1v) is 5.97. The van der Waals surface area contributed by atoms with Gasteiger partial charge in [-0.15, -0.1) is 0 Å². The van der Waals surface area contributed by atoms with Crippen LogP contribution in [0.4, 0.5) is 0 Å². The number of rotatable bonds is 3. The molecule has 1 heterocycles. The fourth-order valence-electron chi connectivity index (χ4n) is 1.55. The number of halogens is 1. The zero-order valence-corrected chi connectivity index (χ0v) is 10.6. The highest BCUT2D eigenvalue weighted by Crippen LogP contribution is 2.20. The van der Waals surface area contributed by atoms with Crippen molar-refractivity contribution in [1.29, 1.82) is 0 Å². The summed E-state index contributed by atoms with van der Waals surface area (Å²) in [7, 11) is 0. The zero-order valence-electron chi connectivity index (χ0n) is 9.89. The van der Waals surface area contributed by atoms with Crippen molar-refractivity contribution in [1.82, 2.24) is 4.98 Å². The Labute approximate surface area is 110 Å². The summed E-state index contributed by atoms with van der Waals surface area (Å²) in [5, 5.41) is 0.667. The van der Waals surface area contributed by atoms with E-state index in [9.17, 15) is 4.79 Å². The molecule has 92 valence electrons. The average Bonchev–Trinajstić information content (AvgIpc) is 2.40. The van der Waals surface area contributed by atoms with Crippen molar-refractivity contribution in [2.45, 2.75) is 6.92 Å². The summed E-state index contributed by atoms with van der Waals surface area (Å²) >= 11 is 5.83. The Morgan fingerprint density at radius 3 is 2.67 bits per heavy atom. The average molecular weight is 262 g/mol. The minimum absolute atomic E-state index is 0.338. The number of esters is 1. The summed E-state index contributed by atoms with van der Waals surface area (Å²) in [6.45, 7) is 2.14. The van der Waals surface area contributed by atoms with Gasteiger partial charge >= 0.3 is 5.97 Å². The summed E-state index contributed by atoms with van der Waals surface area (Å²) in [5.74, 6) is -0.338. The second-order valence-electron chi connectivity index (χ2n) is 3.66. The van der Waals surface area contributed by atoms with Crippen molar-refractivity contribution >= 4 is 17.6 Å². The maximum atomic E-state index is 11.6. The molecule has 0 unspecified atom stereocenters. The van der Waals surface area contributed by atoms with Crippen molar-refractivity contribution in [3.05, 3.63) is 53.2 Å². The molecule has 0 aliphatic heterocycles. The second-order valence-corrected chi connectivity index (χ2v) is 4.09. The van der Waals surface area contributed by atoms with E-state index in [1.165, 1.54) is 0 Å². The van der Waals surface area contributed by atoms with Crippen LogP contribution in [0.3, 0.4) is 0 Å². The smallest absolute Gasteiger partial charge is 0.338 e. The van der Waals surface area contributed by atoms with Gasteiger partial charge < -0.3 is 4.74 Å². The highest BCUT2D eigenvalue weighted by atomic mass is 35.5. The van der Waals surface area contributed by atoms with Gasteiger partial charge in [-0.2, -0.15) is 0 Å². The molecule has 0 N–H and O–H groups in total. The van der Waals surface area contributed by atoms with Crippen LogP contribution in [0.1, 0.15) is 17.3 Å². The van der Waals surface area contributed by atoms with Gasteiger partial charge in [0.25, 0.3) is 0 Å². The van der Waals surface area contributed by atoms with E-state index in [2.05, 4.69) is 4.98 Å². The van der Waals surface area contributed by atoms with Crippen LogP contribution in [0.2, 0.25) is 5.02 Å². The van der Waals surface area contributed by atoms with Gasteiger partial charge in [0, 0.05) is 16.8 Å². The first-order chi connectivity index (χ1) is 8.70. The van der Waals surface area contributed by atoms with Crippen LogP contribution in [0, 0.1) is 0 Å². The molecular formula is C14H12ClNO2. The van der Waals surface area contributed by atoms with Crippen molar-refractivity contribution in [2.75, 3.05) is 6.61 Å². The van der Waals surface area contributed by atoms with Gasteiger partial charge in [-0.25, -0.2) is 4.79 Å². The Bertz CT molecular complexity index is 552. The Balaban J connectivity index is 2.32. The molecule has 3 nitrogen and oxygen atoms in total. The lowest BCUT2D eigenvalue weighted by Gasteiger charge is -2.04. The molecule has 0 saturated heterocycles. The van der Waals surface area contributed by atoms with E-state index >= 15 is 0 Å². The molecule has 0 amide bonds. The van der Waals surface area contributed by atoms with Gasteiger partial charge in [0.15, 0.2) is 0 Å². The standard InChI is InChI=1S/C14H12ClNO2/c1-2-18-14(17)11-7-8-16-13(9-11)10-3-5-12(15)6-4-10/h3-9H,2H2,1H3. The number of benzene rings is 1. The number of hydrogen-bond acceptors (Lipinski definition) is 3. The van der Waals surface area contributed by atoms with Crippen molar-refractivity contribution in [3.63, 3.8) is 0 Å². The largest absolute Gasteiger partial charge is 0.462 e. The van der Waals surface area contributed by atoms with Crippen LogP contribution in [-0.2, 0) is 4.74 Å². The van der Waals surface area contributed by atoms with Crippen LogP contribution in [0.5, 0.6) is 0 Å². The zero-order chi connectivity index (χ0) is 13.0. The monoisotopic (exact) mass is 261 g/mol. The molecule has 0 radical (unpaired) electrons. The summed E-state index contributed by atoms with van der Waals surface area (Å²) in [4.78, 5) is 15.8. The number of carbonyl (C=O) groups excluding carboxylic acids is 1. The number of ether oxygens (including phenoxy) is 1. The van der Waals surface area contributed by atoms with Gasteiger partial charge in [-0.3, -0.25) is 4.98 Å². The van der Waals surface area contributed by atoms with Crippen molar-refractivity contribution in [2.24, 2.45) is 0 Å². The molecule has 4 heteroatoms. The third kappa shape index (κ3) is 2.87. The molecule has 0 saturated carbocycles. The lowest BCUT2D eigenvalue weighted by Crippen LogP contribution is -2.04. The lowest BCUT2D eigenvalue weighted by atomic mass is 10.1. The van der Waals surface area contributed by atoms with Gasteiger partial charge in [-0.05, 0) is 31.2 Å². The maximum absolute atomic E-state index is 11.6. The summed E-state index contributed by atoms with van der Waals surface area (Å²) in [5.41, 5.74) is 2.12. The number of nitrogens with zero attached hydrogens (tertiary/aromatic N) is 1. The fraction of sp³-hybridized carbons (Fsp3) is 0.143. The fourth-order valence-corrected chi connectivity index (χ4v) is 1.68. The molecule has 18 heavy (non-hydrogen) atoms. The van der Waals surface area contributed by atoms with Gasteiger partial charge in [0.05, 0.1) is 17.9 Å². The summed E-state index contributed by atoms with van der Waals surface area (Å²) < 4.78 is 4.95. The number of aromatic nitrogens is 1. The summed E-state index contributed by atoms with van der Waals surface area (Å²) in [6.07, 6.45) is 1.59. The predicted octanol–water partition coefficient (Wildman–Crippen LogP) is 3.58. The van der Waals surface area contributed by atoms with Crippen molar-refractivity contribution in [3.8, 4) is 11.3 Å². The second kappa shape index (κ2) is 5.65. The van der Waals surface area contributed by atoms with E-state index < -0.39 is 0 Å². The molecule has 0 aliphatic carbocycles. The normalized spacial score (nSPS) is 10.1. The molecule has 0 aliphatic rings. The van der Waals surface area contributed by atoms with E-state index in [4.69, 9.17) is 16.3 Å². The molecule has 2 aromatic rings. The van der Waals surface area contributed by atoms with Crippen LogP contribution in [0.25, 0.3) is 11.3 Å². The maximum Gasteiger partial charge on any atom is 0.338 e. The molecule has 0 fully saturated rings. The van der Waals surface area contributed by atoms with Gasteiger partial charge in [-0.1, -0.05) is 23.7 Å². The Hall–Kier alpha value is -1.87. The van der Waals surface area contributed by atoms with Crippen molar-refractivity contribution < 1.29 is 9.53 Å². The number of carbonyl (C=O) groups is 1.